The van der Waals surface area contributed by atoms with Crippen molar-refractivity contribution >= 4 is 17.5 Å². The normalized spacial score (nSPS) is 12.3. The Bertz CT molecular complexity index is 1110. The van der Waals surface area contributed by atoms with Crippen molar-refractivity contribution in [3.05, 3.63) is 71.8 Å². The van der Waals surface area contributed by atoms with Gasteiger partial charge in [0.2, 0.25) is 5.95 Å². The molecule has 0 aliphatic rings. The van der Waals surface area contributed by atoms with Crippen LogP contribution in [0.15, 0.2) is 55.0 Å². The van der Waals surface area contributed by atoms with Gasteiger partial charge in [0.05, 0.1) is 11.8 Å². The number of alkyl halides is 6. The zero-order valence-electron chi connectivity index (χ0n) is 16.5. The molecule has 174 valence electrons. The number of nitrogens with zero attached hydrogens (tertiary/aromatic N) is 3. The SMILES string of the molecule is O=C(Nc1cnccc1OC(F)C(F)F)c1ccnc(NCc2cccc(C(F)(F)F)c2)n1. The Morgan fingerprint density at radius 1 is 1.09 bits per heavy atom. The third-order valence-corrected chi connectivity index (χ3v) is 4.06. The van der Waals surface area contributed by atoms with E-state index < -0.39 is 30.4 Å². The molecule has 1 atom stereocenters. The fourth-order valence-corrected chi connectivity index (χ4v) is 2.55. The lowest BCUT2D eigenvalue weighted by Crippen LogP contribution is -2.21. The smallest absolute Gasteiger partial charge is 0.416 e. The number of aromatic nitrogens is 3. The minimum absolute atomic E-state index is 0.0516. The quantitative estimate of drug-likeness (QED) is 0.464. The average Bonchev–Trinajstić information content (AvgIpc) is 2.78. The molecule has 1 amide bonds. The Hall–Kier alpha value is -3.90. The minimum atomic E-state index is -4.49. The molecule has 0 aliphatic carbocycles. The summed E-state index contributed by atoms with van der Waals surface area (Å²) < 4.78 is 81.0. The summed E-state index contributed by atoms with van der Waals surface area (Å²) in [5, 5.41) is 5.02. The molecule has 2 N–H and O–H groups in total. The van der Waals surface area contributed by atoms with Gasteiger partial charge in [-0.15, -0.1) is 0 Å². The van der Waals surface area contributed by atoms with Gasteiger partial charge in [-0.05, 0) is 23.8 Å². The number of ether oxygens (including phenoxy) is 1. The van der Waals surface area contributed by atoms with E-state index in [9.17, 15) is 31.1 Å². The van der Waals surface area contributed by atoms with Crippen molar-refractivity contribution in [3.8, 4) is 5.75 Å². The van der Waals surface area contributed by atoms with Gasteiger partial charge >= 0.3 is 12.6 Å². The van der Waals surface area contributed by atoms with Crippen molar-refractivity contribution in [1.82, 2.24) is 15.0 Å². The van der Waals surface area contributed by atoms with Gasteiger partial charge in [-0.25, -0.2) is 18.7 Å². The molecule has 0 saturated heterocycles. The monoisotopic (exact) mass is 471 g/mol. The highest BCUT2D eigenvalue weighted by Gasteiger charge is 2.30. The molecule has 7 nitrogen and oxygen atoms in total. The third-order valence-electron chi connectivity index (χ3n) is 4.06. The van der Waals surface area contributed by atoms with Gasteiger partial charge in [0.1, 0.15) is 17.1 Å². The number of carbonyl (C=O) groups excluding carboxylic acids is 1. The van der Waals surface area contributed by atoms with Gasteiger partial charge in [-0.3, -0.25) is 9.78 Å². The van der Waals surface area contributed by atoms with E-state index in [0.717, 1.165) is 30.6 Å². The lowest BCUT2D eigenvalue weighted by molar-refractivity contribution is -0.137. The topological polar surface area (TPSA) is 89.0 Å². The molecule has 13 heteroatoms. The van der Waals surface area contributed by atoms with E-state index in [2.05, 4.69) is 30.3 Å². The fraction of sp³-hybridized carbons (Fsp3) is 0.200. The summed E-state index contributed by atoms with van der Waals surface area (Å²) in [6.07, 6.45) is -7.34. The van der Waals surface area contributed by atoms with Crippen LogP contribution >= 0.6 is 0 Å². The first-order valence-electron chi connectivity index (χ1n) is 9.21. The Balaban J connectivity index is 1.69. The van der Waals surface area contributed by atoms with E-state index in [1.807, 2.05) is 0 Å². The van der Waals surface area contributed by atoms with E-state index >= 15 is 0 Å². The highest BCUT2D eigenvalue weighted by molar-refractivity contribution is 6.03. The van der Waals surface area contributed by atoms with Crippen LogP contribution in [0.2, 0.25) is 0 Å². The average molecular weight is 471 g/mol. The Kier molecular flexibility index (Phi) is 7.30. The second kappa shape index (κ2) is 10.1. The number of hydrogen-bond donors (Lipinski definition) is 2. The van der Waals surface area contributed by atoms with Crippen LogP contribution in [0, 0.1) is 0 Å². The van der Waals surface area contributed by atoms with Gasteiger partial charge in [0, 0.05) is 25.0 Å². The van der Waals surface area contributed by atoms with Crippen molar-refractivity contribution in [3.63, 3.8) is 0 Å². The summed E-state index contributed by atoms with van der Waals surface area (Å²) >= 11 is 0. The summed E-state index contributed by atoms with van der Waals surface area (Å²) in [5.41, 5.74) is -0.854. The number of benzene rings is 1. The van der Waals surface area contributed by atoms with Crippen molar-refractivity contribution in [2.75, 3.05) is 10.6 Å². The molecular formula is C20H15F6N5O2. The maximum atomic E-state index is 13.2. The zero-order chi connectivity index (χ0) is 24.0. The van der Waals surface area contributed by atoms with E-state index in [4.69, 9.17) is 0 Å². The van der Waals surface area contributed by atoms with Crippen LogP contribution in [0.1, 0.15) is 21.6 Å². The number of nitrogens with one attached hydrogen (secondary N) is 2. The van der Waals surface area contributed by atoms with Crippen molar-refractivity contribution in [2.45, 2.75) is 25.5 Å². The molecule has 3 aromatic rings. The van der Waals surface area contributed by atoms with E-state index in [0.29, 0.717) is 5.56 Å². The lowest BCUT2D eigenvalue weighted by Gasteiger charge is -2.14. The summed E-state index contributed by atoms with van der Waals surface area (Å²) in [6.45, 7) is -0.0545. The molecule has 0 radical (unpaired) electrons. The largest absolute Gasteiger partial charge is 0.452 e. The Labute approximate surface area is 182 Å². The minimum Gasteiger partial charge on any atom is -0.452 e. The summed E-state index contributed by atoms with van der Waals surface area (Å²) in [5.74, 6) is -1.24. The second-order valence-electron chi connectivity index (χ2n) is 6.45. The molecule has 1 aromatic carbocycles. The summed E-state index contributed by atoms with van der Waals surface area (Å²) in [6, 6.07) is 6.96. The zero-order valence-corrected chi connectivity index (χ0v) is 16.5. The number of anilines is 2. The molecule has 0 aliphatic heterocycles. The molecule has 0 bridgehead atoms. The van der Waals surface area contributed by atoms with Gasteiger partial charge < -0.3 is 15.4 Å². The van der Waals surface area contributed by atoms with Crippen LogP contribution in [-0.4, -0.2) is 33.6 Å². The number of hydrogen-bond acceptors (Lipinski definition) is 6. The molecule has 1 unspecified atom stereocenters. The first-order valence-corrected chi connectivity index (χ1v) is 9.21. The molecule has 0 fully saturated rings. The van der Waals surface area contributed by atoms with Crippen LogP contribution in [-0.2, 0) is 12.7 Å². The first kappa shape index (κ1) is 23.8. The number of halogens is 6. The van der Waals surface area contributed by atoms with Crippen molar-refractivity contribution in [2.24, 2.45) is 0 Å². The van der Waals surface area contributed by atoms with Gasteiger partial charge in [0.25, 0.3) is 12.3 Å². The molecule has 2 aromatic heterocycles. The third kappa shape index (κ3) is 6.54. The predicted octanol–water partition coefficient (Wildman–Crippen LogP) is 4.69. The molecule has 2 heterocycles. The second-order valence-corrected chi connectivity index (χ2v) is 6.45. The summed E-state index contributed by atoms with van der Waals surface area (Å²) in [4.78, 5) is 24.1. The van der Waals surface area contributed by atoms with E-state index in [-0.39, 0.29) is 29.6 Å². The first-order chi connectivity index (χ1) is 15.6. The van der Waals surface area contributed by atoms with Gasteiger partial charge in [-0.2, -0.15) is 17.6 Å². The van der Waals surface area contributed by atoms with Crippen molar-refractivity contribution in [1.29, 1.82) is 0 Å². The molecule has 3 rings (SSSR count). The molecule has 33 heavy (non-hydrogen) atoms. The van der Waals surface area contributed by atoms with Crippen LogP contribution in [0.3, 0.4) is 0 Å². The van der Waals surface area contributed by atoms with E-state index in [1.165, 1.54) is 24.4 Å². The maximum Gasteiger partial charge on any atom is 0.416 e. The van der Waals surface area contributed by atoms with Crippen LogP contribution in [0.4, 0.5) is 38.0 Å². The molecule has 0 saturated carbocycles. The molecule has 0 spiro atoms. The standard InChI is InChI=1S/C20H15F6N5O2/c21-16(22)17(23)33-15-5-6-27-10-14(15)30-18(32)13-4-7-28-19(31-13)29-9-11-2-1-3-12(8-11)20(24,25)26/h1-8,10,16-17H,9H2,(H,30,32)(H,28,29,31). The van der Waals surface area contributed by atoms with Crippen LogP contribution < -0.4 is 15.4 Å². The Morgan fingerprint density at radius 2 is 1.88 bits per heavy atom. The Morgan fingerprint density at radius 3 is 2.61 bits per heavy atom. The maximum absolute atomic E-state index is 13.2. The number of amides is 1. The lowest BCUT2D eigenvalue weighted by atomic mass is 10.1. The number of pyridine rings is 1. The predicted molar refractivity (Wildman–Crippen MR) is 105 cm³/mol. The van der Waals surface area contributed by atoms with Gasteiger partial charge in [-0.1, -0.05) is 12.1 Å². The highest BCUT2D eigenvalue weighted by atomic mass is 19.4. The highest BCUT2D eigenvalue weighted by Crippen LogP contribution is 2.29. The van der Waals surface area contributed by atoms with Crippen LogP contribution in [0.25, 0.3) is 0 Å². The van der Waals surface area contributed by atoms with E-state index in [1.54, 1.807) is 0 Å². The van der Waals surface area contributed by atoms with Crippen LogP contribution in [0.5, 0.6) is 5.75 Å². The van der Waals surface area contributed by atoms with Crippen molar-refractivity contribution < 1.29 is 35.9 Å². The number of rotatable bonds is 8. The number of carbonyl (C=O) groups is 1. The molecular weight excluding hydrogens is 456 g/mol. The fourth-order valence-electron chi connectivity index (χ4n) is 2.55. The summed E-state index contributed by atoms with van der Waals surface area (Å²) in [7, 11) is 0. The van der Waals surface area contributed by atoms with Gasteiger partial charge in [0.15, 0.2) is 0 Å².